The molecule has 0 aliphatic heterocycles. The van der Waals surface area contributed by atoms with Crippen molar-refractivity contribution in [2.75, 3.05) is 0 Å². The van der Waals surface area contributed by atoms with Crippen LogP contribution in [-0.2, 0) is 10.0 Å². The molecule has 1 aromatic rings. The van der Waals surface area contributed by atoms with Crippen LogP contribution in [0.4, 0.5) is 5.69 Å². The number of nitrogens with zero attached hydrogens (tertiary/aromatic N) is 1. The summed E-state index contributed by atoms with van der Waals surface area (Å²) >= 11 is 15.0. The number of rotatable bonds is 4. The Morgan fingerprint density at radius 2 is 2.00 bits per heavy atom. The molecule has 2 atom stereocenters. The SMILES string of the molecule is O=[N+]([O-])c1c(Cl)ccc(S(=O)(=O)NC2CCCC2Br)c1Cl. The molecule has 1 saturated carbocycles. The third-order valence-electron chi connectivity index (χ3n) is 3.24. The summed E-state index contributed by atoms with van der Waals surface area (Å²) < 4.78 is 27.2. The van der Waals surface area contributed by atoms with E-state index in [-0.39, 0.29) is 20.8 Å². The predicted octanol–water partition coefficient (Wildman–Crippen LogP) is 3.50. The van der Waals surface area contributed by atoms with Crippen LogP contribution in [0.5, 0.6) is 0 Å². The van der Waals surface area contributed by atoms with Crippen LogP contribution in [0.15, 0.2) is 17.0 Å². The maximum absolute atomic E-state index is 12.4. The topological polar surface area (TPSA) is 89.3 Å². The van der Waals surface area contributed by atoms with E-state index < -0.39 is 25.7 Å². The van der Waals surface area contributed by atoms with Crippen molar-refractivity contribution >= 4 is 54.8 Å². The van der Waals surface area contributed by atoms with Gasteiger partial charge in [0.25, 0.3) is 0 Å². The van der Waals surface area contributed by atoms with Gasteiger partial charge in [0, 0.05) is 10.9 Å². The molecule has 10 heteroatoms. The van der Waals surface area contributed by atoms with Crippen LogP contribution in [0.25, 0.3) is 0 Å². The molecule has 0 saturated heterocycles. The lowest BCUT2D eigenvalue weighted by atomic mass is 10.3. The highest BCUT2D eigenvalue weighted by Crippen LogP contribution is 2.37. The van der Waals surface area contributed by atoms with E-state index in [0.717, 1.165) is 25.0 Å². The zero-order chi connectivity index (χ0) is 15.8. The van der Waals surface area contributed by atoms with Gasteiger partial charge in [-0.1, -0.05) is 45.6 Å². The third-order valence-corrected chi connectivity index (χ3v) is 6.67. The zero-order valence-electron chi connectivity index (χ0n) is 10.6. The van der Waals surface area contributed by atoms with Gasteiger partial charge in [-0.25, -0.2) is 13.1 Å². The molecule has 21 heavy (non-hydrogen) atoms. The van der Waals surface area contributed by atoms with E-state index in [4.69, 9.17) is 23.2 Å². The molecular formula is C11H11BrCl2N2O4S. The Bertz CT molecular complexity index is 683. The number of alkyl halides is 1. The van der Waals surface area contributed by atoms with E-state index in [0.29, 0.717) is 6.42 Å². The van der Waals surface area contributed by atoms with Gasteiger partial charge >= 0.3 is 5.69 Å². The molecule has 1 aliphatic rings. The minimum atomic E-state index is -3.96. The fourth-order valence-electron chi connectivity index (χ4n) is 2.21. The molecule has 6 nitrogen and oxygen atoms in total. The van der Waals surface area contributed by atoms with Crippen molar-refractivity contribution < 1.29 is 13.3 Å². The summed E-state index contributed by atoms with van der Waals surface area (Å²) in [5, 5.41) is 10.2. The van der Waals surface area contributed by atoms with Crippen molar-refractivity contribution in [1.29, 1.82) is 0 Å². The number of sulfonamides is 1. The molecule has 0 spiro atoms. The summed E-state index contributed by atoms with van der Waals surface area (Å²) in [5.41, 5.74) is -0.608. The number of nitro groups is 1. The Balaban J connectivity index is 2.41. The molecule has 116 valence electrons. The molecule has 0 amide bonds. The van der Waals surface area contributed by atoms with Crippen molar-refractivity contribution in [1.82, 2.24) is 4.72 Å². The highest BCUT2D eigenvalue weighted by Gasteiger charge is 2.33. The van der Waals surface area contributed by atoms with Crippen molar-refractivity contribution in [2.24, 2.45) is 0 Å². The number of nitro benzene ring substituents is 1. The quantitative estimate of drug-likeness (QED) is 0.461. The van der Waals surface area contributed by atoms with Gasteiger partial charge in [0.05, 0.1) is 4.92 Å². The monoisotopic (exact) mass is 416 g/mol. The number of halogens is 3. The molecule has 1 fully saturated rings. The zero-order valence-corrected chi connectivity index (χ0v) is 14.5. The number of benzene rings is 1. The van der Waals surface area contributed by atoms with E-state index in [2.05, 4.69) is 20.7 Å². The second kappa shape index (κ2) is 6.37. The van der Waals surface area contributed by atoms with Crippen molar-refractivity contribution in [2.45, 2.75) is 35.0 Å². The van der Waals surface area contributed by atoms with Crippen LogP contribution in [0.2, 0.25) is 10.0 Å². The van der Waals surface area contributed by atoms with E-state index in [1.807, 2.05) is 0 Å². The van der Waals surface area contributed by atoms with E-state index in [1.165, 1.54) is 0 Å². The van der Waals surface area contributed by atoms with Crippen molar-refractivity contribution in [3.8, 4) is 0 Å². The fourth-order valence-corrected chi connectivity index (χ4v) is 5.30. The second-order valence-electron chi connectivity index (χ2n) is 4.64. The smallest absolute Gasteiger partial charge is 0.258 e. The molecule has 1 aromatic carbocycles. The molecule has 2 unspecified atom stereocenters. The van der Waals surface area contributed by atoms with Crippen LogP contribution in [0.1, 0.15) is 19.3 Å². The number of nitrogens with one attached hydrogen (secondary N) is 1. The maximum Gasteiger partial charge on any atom is 0.307 e. The van der Waals surface area contributed by atoms with E-state index >= 15 is 0 Å². The lowest BCUT2D eigenvalue weighted by molar-refractivity contribution is -0.384. The standard InChI is InChI=1S/C11H11BrCl2N2O4S/c12-6-2-1-3-8(6)15-21(19,20)9-5-4-7(13)11(10(9)14)16(17)18/h4-6,8,15H,1-3H2. The first-order valence-electron chi connectivity index (χ1n) is 6.03. The van der Waals surface area contributed by atoms with Crippen LogP contribution in [0, 0.1) is 10.1 Å². The van der Waals surface area contributed by atoms with Crippen molar-refractivity contribution in [3.05, 3.63) is 32.3 Å². The molecular weight excluding hydrogens is 407 g/mol. The molecule has 0 bridgehead atoms. The predicted molar refractivity (Wildman–Crippen MR) is 83.8 cm³/mol. The highest BCUT2D eigenvalue weighted by molar-refractivity contribution is 9.09. The van der Waals surface area contributed by atoms with Crippen LogP contribution >= 0.6 is 39.1 Å². The first kappa shape index (κ1) is 17.0. The van der Waals surface area contributed by atoms with Crippen molar-refractivity contribution in [3.63, 3.8) is 0 Å². The van der Waals surface area contributed by atoms with E-state index in [1.54, 1.807) is 0 Å². The molecule has 1 N–H and O–H groups in total. The normalized spacial score (nSPS) is 22.4. The summed E-state index contributed by atoms with van der Waals surface area (Å²) in [6.07, 6.45) is 2.46. The van der Waals surface area contributed by atoms with Gasteiger partial charge in [0.15, 0.2) is 0 Å². The maximum atomic E-state index is 12.4. The molecule has 0 aromatic heterocycles. The van der Waals surface area contributed by atoms with E-state index in [9.17, 15) is 18.5 Å². The van der Waals surface area contributed by atoms with Gasteiger partial charge in [-0.15, -0.1) is 0 Å². The van der Waals surface area contributed by atoms with Gasteiger partial charge in [-0.3, -0.25) is 10.1 Å². The lowest BCUT2D eigenvalue weighted by Gasteiger charge is -2.17. The summed E-state index contributed by atoms with van der Waals surface area (Å²) in [4.78, 5) is 9.83. The molecule has 1 aliphatic carbocycles. The van der Waals surface area contributed by atoms with Gasteiger partial charge in [-0.2, -0.15) is 0 Å². The Labute approximate surface area is 140 Å². The summed E-state index contributed by atoms with van der Waals surface area (Å²) in [6, 6.07) is 2.05. The Hall–Kier alpha value is -0.410. The Kier molecular flexibility index (Phi) is 5.15. The highest BCUT2D eigenvalue weighted by atomic mass is 79.9. The van der Waals surface area contributed by atoms with Crippen LogP contribution in [-0.4, -0.2) is 24.2 Å². The first-order valence-corrected chi connectivity index (χ1v) is 9.18. The average Bonchev–Trinajstić information content (AvgIpc) is 2.73. The van der Waals surface area contributed by atoms with Crippen LogP contribution in [0.3, 0.4) is 0 Å². The van der Waals surface area contributed by atoms with Gasteiger partial charge < -0.3 is 0 Å². The Morgan fingerprint density at radius 1 is 1.33 bits per heavy atom. The summed E-state index contributed by atoms with van der Waals surface area (Å²) in [7, 11) is -3.96. The Morgan fingerprint density at radius 3 is 2.52 bits per heavy atom. The van der Waals surface area contributed by atoms with Gasteiger partial charge in [-0.05, 0) is 25.0 Å². The average molecular weight is 418 g/mol. The van der Waals surface area contributed by atoms with Gasteiger partial charge in [0.1, 0.15) is 14.9 Å². The van der Waals surface area contributed by atoms with Crippen LogP contribution < -0.4 is 4.72 Å². The fraction of sp³-hybridized carbons (Fsp3) is 0.455. The first-order chi connectivity index (χ1) is 9.74. The molecule has 0 heterocycles. The minimum Gasteiger partial charge on any atom is -0.258 e. The summed E-state index contributed by atoms with van der Waals surface area (Å²) in [6.45, 7) is 0. The third kappa shape index (κ3) is 3.50. The lowest BCUT2D eigenvalue weighted by Crippen LogP contribution is -2.37. The molecule has 2 rings (SSSR count). The summed E-state index contributed by atoms with van der Waals surface area (Å²) in [5.74, 6) is 0. The molecule has 0 radical (unpaired) electrons. The minimum absolute atomic E-state index is 0.0355. The van der Waals surface area contributed by atoms with Gasteiger partial charge in [0.2, 0.25) is 10.0 Å². The number of hydrogen-bond acceptors (Lipinski definition) is 4. The second-order valence-corrected chi connectivity index (χ2v) is 8.28. The number of hydrogen-bond donors (Lipinski definition) is 1. The largest absolute Gasteiger partial charge is 0.307 e.